The minimum Gasteiger partial charge on any atom is -0.317 e. The lowest BCUT2D eigenvalue weighted by Crippen LogP contribution is -2.54. The summed E-state index contributed by atoms with van der Waals surface area (Å²) in [4.78, 5) is 0. The van der Waals surface area contributed by atoms with Gasteiger partial charge in [0.15, 0.2) is 0 Å². The van der Waals surface area contributed by atoms with E-state index in [1.165, 1.54) is 12.8 Å². The maximum absolute atomic E-state index is 11.4. The van der Waals surface area contributed by atoms with Crippen molar-refractivity contribution in [2.75, 3.05) is 18.8 Å². The second-order valence-electron chi connectivity index (χ2n) is 4.88. The molecule has 2 aliphatic rings. The molecule has 4 nitrogen and oxygen atoms in total. The van der Waals surface area contributed by atoms with Crippen molar-refractivity contribution in [1.82, 2.24) is 10.0 Å². The van der Waals surface area contributed by atoms with Crippen molar-refractivity contribution in [1.29, 1.82) is 0 Å². The van der Waals surface area contributed by atoms with Crippen molar-refractivity contribution >= 4 is 22.4 Å². The Morgan fingerprint density at radius 1 is 1.31 bits per heavy atom. The van der Waals surface area contributed by atoms with Gasteiger partial charge in [-0.15, -0.1) is 12.4 Å². The molecule has 0 aromatic heterocycles. The van der Waals surface area contributed by atoms with Crippen molar-refractivity contribution < 1.29 is 8.42 Å². The molecule has 2 rings (SSSR count). The fraction of sp³-hybridized carbons (Fsp3) is 1.00. The molecule has 0 radical (unpaired) electrons. The van der Waals surface area contributed by atoms with Crippen molar-refractivity contribution in [2.24, 2.45) is 5.41 Å². The van der Waals surface area contributed by atoms with Crippen LogP contribution in [0.3, 0.4) is 0 Å². The number of piperidine rings is 1. The Labute approximate surface area is 104 Å². The molecule has 2 N–H and O–H groups in total. The molecule has 0 atom stereocenters. The summed E-state index contributed by atoms with van der Waals surface area (Å²) in [6.45, 7) is 3.86. The second kappa shape index (κ2) is 5.21. The van der Waals surface area contributed by atoms with Crippen molar-refractivity contribution in [2.45, 2.75) is 38.6 Å². The lowest BCUT2D eigenvalue weighted by molar-refractivity contribution is 0.0563. The lowest BCUT2D eigenvalue weighted by Gasteiger charge is -2.50. The van der Waals surface area contributed by atoms with Crippen LogP contribution < -0.4 is 10.0 Å². The molecule has 1 spiro atoms. The summed E-state index contributed by atoms with van der Waals surface area (Å²) in [7, 11) is -3.00. The summed E-state index contributed by atoms with van der Waals surface area (Å²) in [6, 6.07) is 0.202. The summed E-state index contributed by atoms with van der Waals surface area (Å²) < 4.78 is 25.5. The van der Waals surface area contributed by atoms with E-state index in [0.29, 0.717) is 5.41 Å². The van der Waals surface area contributed by atoms with Crippen LogP contribution in [0.15, 0.2) is 0 Å². The van der Waals surface area contributed by atoms with Crippen LogP contribution in [-0.4, -0.2) is 33.3 Å². The lowest BCUT2D eigenvalue weighted by atomic mass is 9.61. The van der Waals surface area contributed by atoms with E-state index in [4.69, 9.17) is 0 Å². The first-order valence-electron chi connectivity index (χ1n) is 5.76. The third-order valence-corrected chi connectivity index (χ3v) is 5.20. The summed E-state index contributed by atoms with van der Waals surface area (Å²) in [5.41, 5.74) is 0.451. The van der Waals surface area contributed by atoms with Gasteiger partial charge in [0.25, 0.3) is 0 Å². The van der Waals surface area contributed by atoms with Crippen molar-refractivity contribution in [3.63, 3.8) is 0 Å². The zero-order valence-corrected chi connectivity index (χ0v) is 11.3. The quantitative estimate of drug-likeness (QED) is 0.799. The Morgan fingerprint density at radius 3 is 2.38 bits per heavy atom. The second-order valence-corrected chi connectivity index (χ2v) is 6.92. The van der Waals surface area contributed by atoms with Crippen LogP contribution >= 0.6 is 12.4 Å². The van der Waals surface area contributed by atoms with Gasteiger partial charge in [-0.25, -0.2) is 13.1 Å². The molecule has 0 aromatic carbocycles. The van der Waals surface area contributed by atoms with Gasteiger partial charge in [-0.3, -0.25) is 0 Å². The number of hydrogen-bond acceptors (Lipinski definition) is 3. The number of nitrogens with one attached hydrogen (secondary N) is 2. The van der Waals surface area contributed by atoms with Crippen LogP contribution in [0.5, 0.6) is 0 Å². The summed E-state index contributed by atoms with van der Waals surface area (Å²) in [5, 5.41) is 3.34. The average Bonchev–Trinajstić information content (AvgIpc) is 2.17. The molecule has 2 fully saturated rings. The minimum atomic E-state index is -3.00. The van der Waals surface area contributed by atoms with E-state index in [9.17, 15) is 8.42 Å². The van der Waals surface area contributed by atoms with Crippen LogP contribution in [0.25, 0.3) is 0 Å². The molecule has 6 heteroatoms. The molecule has 0 unspecified atom stereocenters. The molecular weight excluding hydrogens is 248 g/mol. The third-order valence-electron chi connectivity index (χ3n) is 3.75. The molecule has 0 amide bonds. The topological polar surface area (TPSA) is 58.2 Å². The van der Waals surface area contributed by atoms with Crippen LogP contribution in [0.4, 0.5) is 0 Å². The highest BCUT2D eigenvalue weighted by molar-refractivity contribution is 7.89. The number of rotatable bonds is 3. The molecule has 1 aliphatic heterocycles. The first-order valence-corrected chi connectivity index (χ1v) is 7.41. The summed E-state index contributed by atoms with van der Waals surface area (Å²) in [5.74, 6) is 0.193. The van der Waals surface area contributed by atoms with E-state index in [1.807, 2.05) is 0 Å². The van der Waals surface area contributed by atoms with Gasteiger partial charge in [0.1, 0.15) is 0 Å². The smallest absolute Gasteiger partial charge is 0.211 e. The monoisotopic (exact) mass is 268 g/mol. The highest BCUT2D eigenvalue weighted by Gasteiger charge is 2.45. The van der Waals surface area contributed by atoms with Gasteiger partial charge in [-0.2, -0.15) is 0 Å². The van der Waals surface area contributed by atoms with Crippen molar-refractivity contribution in [3.05, 3.63) is 0 Å². The van der Waals surface area contributed by atoms with Crippen LogP contribution in [0.1, 0.15) is 32.6 Å². The maximum Gasteiger partial charge on any atom is 0.211 e. The van der Waals surface area contributed by atoms with E-state index in [0.717, 1.165) is 25.9 Å². The largest absolute Gasteiger partial charge is 0.317 e. The normalized spacial score (nSPS) is 24.8. The molecule has 16 heavy (non-hydrogen) atoms. The van der Waals surface area contributed by atoms with Crippen molar-refractivity contribution in [3.8, 4) is 0 Å². The molecule has 1 heterocycles. The predicted molar refractivity (Wildman–Crippen MR) is 67.4 cm³/mol. The Kier molecular flexibility index (Phi) is 4.63. The van der Waals surface area contributed by atoms with E-state index >= 15 is 0 Å². The van der Waals surface area contributed by atoms with Crippen LogP contribution in [0, 0.1) is 5.41 Å². The van der Waals surface area contributed by atoms with Gasteiger partial charge in [0, 0.05) is 6.04 Å². The highest BCUT2D eigenvalue weighted by atomic mass is 35.5. The number of sulfonamides is 1. The average molecular weight is 269 g/mol. The SMILES string of the molecule is CCS(=O)(=O)NC1CC2(CCNCC2)C1.Cl. The van der Waals surface area contributed by atoms with Gasteiger partial charge in [-0.1, -0.05) is 0 Å². The molecular formula is C10H21ClN2O2S. The van der Waals surface area contributed by atoms with Gasteiger partial charge < -0.3 is 5.32 Å². The van der Waals surface area contributed by atoms with Gasteiger partial charge in [0.05, 0.1) is 5.75 Å². The number of halogens is 1. The Bertz CT molecular complexity index is 318. The van der Waals surface area contributed by atoms with E-state index in [-0.39, 0.29) is 24.2 Å². The fourth-order valence-corrected chi connectivity index (χ4v) is 3.61. The minimum absolute atomic E-state index is 0. The van der Waals surface area contributed by atoms with E-state index < -0.39 is 10.0 Å². The highest BCUT2D eigenvalue weighted by Crippen LogP contribution is 2.47. The first-order chi connectivity index (χ1) is 7.05. The Hall–Kier alpha value is 0.160. The van der Waals surface area contributed by atoms with Crippen LogP contribution in [0.2, 0.25) is 0 Å². The standard InChI is InChI=1S/C10H20N2O2S.ClH/c1-2-15(13,14)12-9-7-10(8-9)3-5-11-6-4-10;/h9,11-12H,2-8H2,1H3;1H. The zero-order valence-electron chi connectivity index (χ0n) is 9.66. The molecule has 1 aliphatic carbocycles. The van der Waals surface area contributed by atoms with Gasteiger partial charge in [-0.05, 0) is 51.1 Å². The zero-order chi connectivity index (χ0) is 10.9. The molecule has 96 valence electrons. The fourth-order valence-electron chi connectivity index (χ4n) is 2.77. The third kappa shape index (κ3) is 3.09. The van der Waals surface area contributed by atoms with Gasteiger partial charge in [0.2, 0.25) is 10.0 Å². The Balaban J connectivity index is 0.00000128. The maximum atomic E-state index is 11.4. The Morgan fingerprint density at radius 2 is 1.88 bits per heavy atom. The molecule has 0 aromatic rings. The molecule has 1 saturated heterocycles. The summed E-state index contributed by atoms with van der Waals surface area (Å²) in [6.07, 6.45) is 4.48. The van der Waals surface area contributed by atoms with Crippen LogP contribution in [-0.2, 0) is 10.0 Å². The molecule has 0 bridgehead atoms. The number of hydrogen-bond donors (Lipinski definition) is 2. The van der Waals surface area contributed by atoms with Gasteiger partial charge >= 0.3 is 0 Å². The van der Waals surface area contributed by atoms with E-state index in [2.05, 4.69) is 10.0 Å². The predicted octanol–water partition coefficient (Wildman–Crippen LogP) is 0.880. The molecule has 1 saturated carbocycles. The summed E-state index contributed by atoms with van der Waals surface area (Å²) >= 11 is 0. The van der Waals surface area contributed by atoms with E-state index in [1.54, 1.807) is 6.92 Å². The first kappa shape index (κ1) is 14.2.